The van der Waals surface area contributed by atoms with E-state index in [2.05, 4.69) is 101 Å². The van der Waals surface area contributed by atoms with E-state index in [9.17, 15) is 0 Å². The Balaban J connectivity index is 1.53. The predicted molar refractivity (Wildman–Crippen MR) is 164 cm³/mol. The molecule has 39 heavy (non-hydrogen) atoms. The van der Waals surface area contributed by atoms with Crippen molar-refractivity contribution >= 4 is 32.3 Å². The molecule has 1 saturated carbocycles. The second-order valence-corrected chi connectivity index (χ2v) is 13.5. The molecule has 1 aromatic heterocycles. The minimum atomic E-state index is 0.137. The highest BCUT2D eigenvalue weighted by Gasteiger charge is 2.34. The molecule has 5 aromatic rings. The van der Waals surface area contributed by atoms with Crippen molar-refractivity contribution < 1.29 is 9.30 Å². The van der Waals surface area contributed by atoms with Crippen molar-refractivity contribution in [3.63, 3.8) is 0 Å². The zero-order chi connectivity index (χ0) is 27.1. The molecule has 0 N–H and O–H groups in total. The van der Waals surface area contributed by atoms with Gasteiger partial charge in [0.15, 0.2) is 6.20 Å². The summed E-state index contributed by atoms with van der Waals surface area (Å²) in [6.45, 7) is 11.5. The van der Waals surface area contributed by atoms with Crippen LogP contribution in [0.3, 0.4) is 0 Å². The van der Waals surface area contributed by atoms with Gasteiger partial charge >= 0.3 is 0 Å². The van der Waals surface area contributed by atoms with Crippen LogP contribution in [-0.2, 0) is 19.9 Å². The van der Waals surface area contributed by atoms with Gasteiger partial charge in [-0.15, -0.1) is 0 Å². The summed E-state index contributed by atoms with van der Waals surface area (Å²) in [5.41, 5.74) is 8.09. The molecule has 7 rings (SSSR count). The number of rotatable bonds is 3. The molecule has 2 heterocycles. The Kier molecular flexibility index (Phi) is 5.57. The average molecular weight is 515 g/mol. The molecule has 1 fully saturated rings. The van der Waals surface area contributed by atoms with Crippen molar-refractivity contribution in [2.45, 2.75) is 73.1 Å². The lowest BCUT2D eigenvalue weighted by atomic mass is 9.81. The fourth-order valence-corrected chi connectivity index (χ4v) is 7.38. The number of aromatic nitrogens is 1. The molecular formula is C37H40NO+. The first kappa shape index (κ1) is 24.6. The first-order valence-corrected chi connectivity index (χ1v) is 14.8. The molecule has 1 aliphatic heterocycles. The van der Waals surface area contributed by atoms with E-state index in [4.69, 9.17) is 4.74 Å². The Labute approximate surface area is 232 Å². The van der Waals surface area contributed by atoms with Crippen molar-refractivity contribution in [2.24, 2.45) is 18.4 Å². The summed E-state index contributed by atoms with van der Waals surface area (Å²) in [4.78, 5) is 0. The smallest absolute Gasteiger partial charge is 0.228 e. The van der Waals surface area contributed by atoms with E-state index in [-0.39, 0.29) is 5.41 Å². The molecule has 2 aliphatic rings. The number of ether oxygens (including phenoxy) is 1. The summed E-state index contributed by atoms with van der Waals surface area (Å²) in [7, 11) is 2.19. The maximum Gasteiger partial charge on any atom is 0.228 e. The summed E-state index contributed by atoms with van der Waals surface area (Å²) >= 11 is 0. The maximum atomic E-state index is 7.03. The fourth-order valence-electron chi connectivity index (χ4n) is 7.38. The maximum absolute atomic E-state index is 7.03. The van der Waals surface area contributed by atoms with Gasteiger partial charge < -0.3 is 4.74 Å². The highest BCUT2D eigenvalue weighted by Crippen LogP contribution is 2.52. The fraction of sp³-hybridized carbons (Fsp3) is 0.378. The summed E-state index contributed by atoms with van der Waals surface area (Å²) < 4.78 is 9.35. The Bertz CT molecular complexity index is 1800. The number of hydrogen-bond acceptors (Lipinski definition) is 1. The third kappa shape index (κ3) is 4.03. The first-order valence-electron chi connectivity index (χ1n) is 14.8. The predicted octanol–water partition coefficient (Wildman–Crippen LogP) is 9.68. The Hall–Kier alpha value is -3.39. The van der Waals surface area contributed by atoms with E-state index in [0.717, 1.165) is 23.8 Å². The van der Waals surface area contributed by atoms with Gasteiger partial charge in [0.05, 0.1) is 10.9 Å². The van der Waals surface area contributed by atoms with Crippen molar-refractivity contribution in [2.75, 3.05) is 0 Å². The minimum absolute atomic E-state index is 0.137. The largest absolute Gasteiger partial charge is 0.455 e. The molecule has 198 valence electrons. The zero-order valence-electron chi connectivity index (χ0n) is 24.4. The van der Waals surface area contributed by atoms with Crippen LogP contribution in [0.2, 0.25) is 0 Å². The van der Waals surface area contributed by atoms with E-state index in [0.29, 0.717) is 0 Å². The third-order valence-electron chi connectivity index (χ3n) is 9.20. The van der Waals surface area contributed by atoms with Gasteiger partial charge in [0, 0.05) is 17.0 Å². The topological polar surface area (TPSA) is 13.1 Å². The van der Waals surface area contributed by atoms with Crippen LogP contribution in [0.1, 0.15) is 68.7 Å². The molecule has 4 aromatic carbocycles. The molecule has 0 amide bonds. The first-order chi connectivity index (χ1) is 18.7. The molecule has 0 atom stereocenters. The van der Waals surface area contributed by atoms with Crippen molar-refractivity contribution in [1.82, 2.24) is 0 Å². The lowest BCUT2D eigenvalue weighted by molar-refractivity contribution is -0.659. The number of aryl methyl sites for hydroxylation is 3. The molecule has 0 radical (unpaired) electrons. The van der Waals surface area contributed by atoms with E-state index < -0.39 is 0 Å². The Morgan fingerprint density at radius 3 is 2.44 bits per heavy atom. The lowest BCUT2D eigenvalue weighted by Crippen LogP contribution is -2.32. The lowest BCUT2D eigenvalue weighted by Gasteiger charge is -2.28. The van der Waals surface area contributed by atoms with Crippen molar-refractivity contribution in [3.05, 3.63) is 77.0 Å². The molecule has 2 nitrogen and oxygen atoms in total. The number of pyridine rings is 1. The van der Waals surface area contributed by atoms with Crippen LogP contribution in [0.5, 0.6) is 11.5 Å². The SMILES string of the molecule is Cc1ccc2c(CC(C)(C)C)c3c(c(C)c2c1)-c1c2c(cc4ccc(CC5CCCC5)cc4c2cc[n+]1C)O3. The van der Waals surface area contributed by atoms with Gasteiger partial charge in [-0.25, -0.2) is 4.57 Å². The van der Waals surface area contributed by atoms with E-state index in [1.165, 1.54) is 97.9 Å². The Morgan fingerprint density at radius 1 is 0.872 bits per heavy atom. The number of fused-ring (bicyclic) bond motifs is 5. The van der Waals surface area contributed by atoms with Gasteiger partial charge in [0.25, 0.3) is 0 Å². The summed E-state index contributed by atoms with van der Waals surface area (Å²) in [5.74, 6) is 2.88. The number of benzene rings is 4. The van der Waals surface area contributed by atoms with E-state index in [1.54, 1.807) is 0 Å². The number of hydrogen-bond donors (Lipinski definition) is 0. The van der Waals surface area contributed by atoms with Crippen LogP contribution in [0, 0.1) is 25.2 Å². The standard InChI is InChI=1S/C37H40NO/c1-22-11-14-27-29(17-22)23(2)33-35-34-28(15-16-38(35)6)30-19-25(18-24-9-7-8-10-24)12-13-26(30)20-32(34)39-36(33)31(27)21-37(3,4)5/h11-17,19-20,24H,7-10,18,21H2,1-6H3/q+1. The van der Waals surface area contributed by atoms with Crippen LogP contribution in [0.4, 0.5) is 0 Å². The average Bonchev–Trinajstić information content (AvgIpc) is 3.40. The second-order valence-electron chi connectivity index (χ2n) is 13.5. The van der Waals surface area contributed by atoms with E-state index >= 15 is 0 Å². The van der Waals surface area contributed by atoms with Gasteiger partial charge in [0.2, 0.25) is 5.69 Å². The minimum Gasteiger partial charge on any atom is -0.455 e. The summed E-state index contributed by atoms with van der Waals surface area (Å²) in [6.07, 6.45) is 9.97. The van der Waals surface area contributed by atoms with Crippen LogP contribution < -0.4 is 9.30 Å². The Morgan fingerprint density at radius 2 is 1.67 bits per heavy atom. The van der Waals surface area contributed by atoms with Crippen LogP contribution in [0.15, 0.2) is 54.7 Å². The molecular weight excluding hydrogens is 474 g/mol. The van der Waals surface area contributed by atoms with Crippen LogP contribution in [0.25, 0.3) is 43.6 Å². The van der Waals surface area contributed by atoms with Gasteiger partial charge in [0.1, 0.15) is 18.5 Å². The number of nitrogens with zero attached hydrogens (tertiary/aromatic N) is 1. The van der Waals surface area contributed by atoms with Gasteiger partial charge in [-0.2, -0.15) is 0 Å². The van der Waals surface area contributed by atoms with Gasteiger partial charge in [-0.3, -0.25) is 0 Å². The molecule has 0 saturated heterocycles. The highest BCUT2D eigenvalue weighted by atomic mass is 16.5. The summed E-state index contributed by atoms with van der Waals surface area (Å²) in [6, 6.07) is 18.7. The molecule has 0 bridgehead atoms. The van der Waals surface area contributed by atoms with Crippen LogP contribution >= 0.6 is 0 Å². The second kappa shape index (κ2) is 8.81. The highest BCUT2D eigenvalue weighted by molar-refractivity contribution is 6.16. The third-order valence-corrected chi connectivity index (χ3v) is 9.20. The monoisotopic (exact) mass is 514 g/mol. The summed E-state index contributed by atoms with van der Waals surface area (Å²) in [5, 5.41) is 7.83. The van der Waals surface area contributed by atoms with Gasteiger partial charge in [-0.05, 0) is 76.8 Å². The van der Waals surface area contributed by atoms with Crippen molar-refractivity contribution in [1.29, 1.82) is 0 Å². The molecule has 2 heteroatoms. The van der Waals surface area contributed by atoms with Gasteiger partial charge in [-0.1, -0.05) is 88.4 Å². The molecule has 0 spiro atoms. The normalized spacial score (nSPS) is 15.3. The van der Waals surface area contributed by atoms with E-state index in [1.807, 2.05) is 0 Å². The zero-order valence-corrected chi connectivity index (χ0v) is 24.4. The molecule has 1 aliphatic carbocycles. The van der Waals surface area contributed by atoms with Crippen LogP contribution in [-0.4, -0.2) is 0 Å². The quantitative estimate of drug-likeness (QED) is 0.169. The van der Waals surface area contributed by atoms with Crippen molar-refractivity contribution in [3.8, 4) is 22.8 Å². The molecule has 0 unspecified atom stereocenters.